The van der Waals surface area contributed by atoms with Crippen molar-refractivity contribution in [3.8, 4) is 0 Å². The van der Waals surface area contributed by atoms with E-state index in [9.17, 15) is 14.4 Å². The highest BCUT2D eigenvalue weighted by Gasteiger charge is 2.26. The number of aromatic nitrogens is 1. The number of para-hydroxylation sites is 1. The molecule has 2 aromatic carbocycles. The lowest BCUT2D eigenvalue weighted by Crippen LogP contribution is -2.43. The van der Waals surface area contributed by atoms with Crippen molar-refractivity contribution >= 4 is 39.9 Å². The molecule has 0 fully saturated rings. The lowest BCUT2D eigenvalue weighted by atomic mass is 10.0. The average Bonchev–Trinajstić information content (AvgIpc) is 3.07. The first-order valence-corrected chi connectivity index (χ1v) is 10.3. The summed E-state index contributed by atoms with van der Waals surface area (Å²) in [6.45, 7) is 7.76. The van der Waals surface area contributed by atoms with Crippen molar-refractivity contribution in [2.45, 2.75) is 33.7 Å². The predicted octanol–water partition coefficient (Wildman–Crippen LogP) is 3.97. The fraction of sp³-hybridized carbons (Fsp3) is 0.292. The molecule has 0 saturated carbocycles. The number of aryl methyl sites for hydroxylation is 1. The SMILES string of the molecule is CCN(CC(=O)Nc1ccc(NC(C)=O)cc1)[C@@H](C)C(=O)c1c(C)[nH]c2ccccc12. The minimum absolute atomic E-state index is 0.00994. The minimum Gasteiger partial charge on any atom is -0.358 e. The van der Waals surface area contributed by atoms with Crippen molar-refractivity contribution in [1.29, 1.82) is 0 Å². The molecule has 3 aromatic rings. The van der Waals surface area contributed by atoms with Crippen molar-refractivity contribution in [2.24, 2.45) is 0 Å². The van der Waals surface area contributed by atoms with E-state index in [0.29, 0.717) is 23.5 Å². The first-order chi connectivity index (χ1) is 14.8. The first-order valence-electron chi connectivity index (χ1n) is 10.3. The summed E-state index contributed by atoms with van der Waals surface area (Å²) in [6.07, 6.45) is 0. The number of rotatable bonds is 8. The van der Waals surface area contributed by atoms with Gasteiger partial charge in [-0.2, -0.15) is 0 Å². The maximum Gasteiger partial charge on any atom is 0.238 e. The molecule has 162 valence electrons. The van der Waals surface area contributed by atoms with Crippen LogP contribution in [0.15, 0.2) is 48.5 Å². The highest BCUT2D eigenvalue weighted by Crippen LogP contribution is 2.24. The zero-order valence-corrected chi connectivity index (χ0v) is 18.3. The number of H-pyrrole nitrogens is 1. The number of carbonyl (C=O) groups is 3. The number of fused-ring (bicyclic) bond motifs is 1. The van der Waals surface area contributed by atoms with Crippen LogP contribution in [0.25, 0.3) is 10.9 Å². The number of amides is 2. The molecule has 0 aliphatic heterocycles. The molecule has 0 spiro atoms. The molecule has 0 bridgehead atoms. The van der Waals surface area contributed by atoms with E-state index in [1.165, 1.54) is 6.92 Å². The van der Waals surface area contributed by atoms with Crippen molar-refractivity contribution in [1.82, 2.24) is 9.88 Å². The van der Waals surface area contributed by atoms with Crippen molar-refractivity contribution in [3.05, 3.63) is 59.8 Å². The maximum atomic E-state index is 13.3. The number of nitrogens with zero attached hydrogens (tertiary/aromatic N) is 1. The summed E-state index contributed by atoms with van der Waals surface area (Å²) >= 11 is 0. The van der Waals surface area contributed by atoms with Crippen LogP contribution in [-0.4, -0.2) is 46.6 Å². The van der Waals surface area contributed by atoms with Crippen LogP contribution < -0.4 is 10.6 Å². The Morgan fingerprint density at radius 3 is 2.23 bits per heavy atom. The summed E-state index contributed by atoms with van der Waals surface area (Å²) in [4.78, 5) is 42.1. The molecule has 3 N–H and O–H groups in total. The Balaban J connectivity index is 1.68. The molecule has 1 heterocycles. The van der Waals surface area contributed by atoms with Gasteiger partial charge < -0.3 is 15.6 Å². The third kappa shape index (κ3) is 5.19. The van der Waals surface area contributed by atoms with Gasteiger partial charge in [0.25, 0.3) is 0 Å². The summed E-state index contributed by atoms with van der Waals surface area (Å²) < 4.78 is 0. The number of anilines is 2. The zero-order chi connectivity index (χ0) is 22.5. The maximum absolute atomic E-state index is 13.3. The van der Waals surface area contributed by atoms with Crippen LogP contribution in [-0.2, 0) is 9.59 Å². The van der Waals surface area contributed by atoms with E-state index in [2.05, 4.69) is 15.6 Å². The van der Waals surface area contributed by atoms with Crippen LogP contribution in [0.5, 0.6) is 0 Å². The van der Waals surface area contributed by atoms with E-state index in [4.69, 9.17) is 0 Å². The lowest BCUT2D eigenvalue weighted by Gasteiger charge is -2.26. The largest absolute Gasteiger partial charge is 0.358 e. The molecule has 0 aliphatic rings. The minimum atomic E-state index is -0.448. The number of nitrogens with one attached hydrogen (secondary N) is 3. The lowest BCUT2D eigenvalue weighted by molar-refractivity contribution is -0.117. The van der Waals surface area contributed by atoms with Crippen molar-refractivity contribution < 1.29 is 14.4 Å². The number of aromatic amines is 1. The van der Waals surface area contributed by atoms with Crippen LogP contribution in [0, 0.1) is 6.92 Å². The van der Waals surface area contributed by atoms with E-state index < -0.39 is 6.04 Å². The molecule has 2 amide bonds. The fourth-order valence-electron chi connectivity index (χ4n) is 3.72. The molecule has 31 heavy (non-hydrogen) atoms. The second kappa shape index (κ2) is 9.57. The normalized spacial score (nSPS) is 12.0. The molecule has 1 atom stereocenters. The molecule has 7 heteroatoms. The van der Waals surface area contributed by atoms with E-state index >= 15 is 0 Å². The van der Waals surface area contributed by atoms with E-state index in [-0.39, 0.29) is 24.1 Å². The van der Waals surface area contributed by atoms with Crippen LogP contribution in [0.2, 0.25) is 0 Å². The number of hydrogen-bond acceptors (Lipinski definition) is 4. The summed E-state index contributed by atoms with van der Waals surface area (Å²) in [7, 11) is 0. The Morgan fingerprint density at radius 1 is 1.00 bits per heavy atom. The Morgan fingerprint density at radius 2 is 1.61 bits per heavy atom. The Labute approximate surface area is 181 Å². The van der Waals surface area contributed by atoms with Crippen molar-refractivity contribution in [2.75, 3.05) is 23.7 Å². The molecule has 0 aliphatic carbocycles. The van der Waals surface area contributed by atoms with Gasteiger partial charge in [-0.05, 0) is 50.7 Å². The van der Waals surface area contributed by atoms with Gasteiger partial charge in [0.05, 0.1) is 12.6 Å². The molecular weight excluding hydrogens is 392 g/mol. The van der Waals surface area contributed by atoms with Gasteiger partial charge in [-0.1, -0.05) is 25.1 Å². The Bertz CT molecular complexity index is 1100. The molecule has 3 rings (SSSR count). The highest BCUT2D eigenvalue weighted by atomic mass is 16.2. The molecular formula is C24H28N4O3. The number of benzene rings is 2. The topological polar surface area (TPSA) is 94.3 Å². The van der Waals surface area contributed by atoms with Gasteiger partial charge in [-0.25, -0.2) is 0 Å². The van der Waals surface area contributed by atoms with Gasteiger partial charge >= 0.3 is 0 Å². The molecule has 1 aromatic heterocycles. The predicted molar refractivity (Wildman–Crippen MR) is 123 cm³/mol. The highest BCUT2D eigenvalue weighted by molar-refractivity contribution is 6.11. The van der Waals surface area contributed by atoms with E-state index in [1.807, 2.05) is 49.9 Å². The summed E-state index contributed by atoms with van der Waals surface area (Å²) in [6, 6.07) is 14.2. The number of ketones is 1. The summed E-state index contributed by atoms with van der Waals surface area (Å²) in [5, 5.41) is 6.43. The van der Waals surface area contributed by atoms with Gasteiger partial charge in [0.1, 0.15) is 0 Å². The van der Waals surface area contributed by atoms with Crippen LogP contribution >= 0.6 is 0 Å². The average molecular weight is 421 g/mol. The Kier molecular flexibility index (Phi) is 6.87. The van der Waals surface area contributed by atoms with Gasteiger partial charge in [0.2, 0.25) is 11.8 Å². The number of carbonyl (C=O) groups excluding carboxylic acids is 3. The number of Topliss-reactive ketones (excluding diaryl/α,β-unsaturated/α-hetero) is 1. The van der Waals surface area contributed by atoms with Crippen LogP contribution in [0.4, 0.5) is 11.4 Å². The second-order valence-electron chi connectivity index (χ2n) is 7.58. The molecule has 0 unspecified atom stereocenters. The van der Waals surface area contributed by atoms with Crippen LogP contribution in [0.3, 0.4) is 0 Å². The second-order valence-corrected chi connectivity index (χ2v) is 7.58. The molecule has 0 saturated heterocycles. The van der Waals surface area contributed by atoms with Gasteiger partial charge in [-0.3, -0.25) is 19.3 Å². The quantitative estimate of drug-likeness (QED) is 0.481. The summed E-state index contributed by atoms with van der Waals surface area (Å²) in [5.41, 5.74) is 3.72. The molecule has 7 nitrogen and oxygen atoms in total. The standard InChI is InChI=1S/C24H28N4O3/c1-5-28(14-22(30)27-19-12-10-18(11-13-19)26-17(4)29)16(3)24(31)23-15(2)25-21-9-7-6-8-20(21)23/h6-13,16,25H,5,14H2,1-4H3,(H,26,29)(H,27,30)/t16-/m0/s1. The Hall–Kier alpha value is -3.45. The van der Waals surface area contributed by atoms with Crippen molar-refractivity contribution in [3.63, 3.8) is 0 Å². The number of hydrogen-bond donors (Lipinski definition) is 3. The van der Waals surface area contributed by atoms with Gasteiger partial charge in [0.15, 0.2) is 5.78 Å². The number of likely N-dealkylation sites (N-methyl/N-ethyl adjacent to an activating group) is 1. The summed E-state index contributed by atoms with van der Waals surface area (Å²) in [5.74, 6) is -0.367. The molecule has 0 radical (unpaired) electrons. The van der Waals surface area contributed by atoms with Gasteiger partial charge in [-0.15, -0.1) is 0 Å². The van der Waals surface area contributed by atoms with E-state index in [1.54, 1.807) is 24.3 Å². The van der Waals surface area contributed by atoms with Crippen LogP contribution in [0.1, 0.15) is 36.8 Å². The monoisotopic (exact) mass is 420 g/mol. The van der Waals surface area contributed by atoms with E-state index in [0.717, 1.165) is 16.6 Å². The third-order valence-electron chi connectivity index (χ3n) is 5.31. The smallest absolute Gasteiger partial charge is 0.238 e. The first kappa shape index (κ1) is 22.2. The van der Waals surface area contributed by atoms with Gasteiger partial charge in [0, 0.05) is 40.5 Å². The fourth-order valence-corrected chi connectivity index (χ4v) is 3.72. The third-order valence-corrected chi connectivity index (χ3v) is 5.31. The zero-order valence-electron chi connectivity index (χ0n) is 18.3.